The Kier molecular flexibility index (Phi) is 14.2. The minimum atomic E-state index is -0.835. The van der Waals surface area contributed by atoms with Crippen molar-refractivity contribution in [2.45, 2.75) is 116 Å². The van der Waals surface area contributed by atoms with Gasteiger partial charge < -0.3 is 10.0 Å². The fourth-order valence-electron chi connectivity index (χ4n) is 4.00. The highest BCUT2D eigenvalue weighted by Gasteiger charge is 2.33. The molecular weight excluding hydrogens is 338 g/mol. The zero-order chi connectivity index (χ0) is 19.7. The second-order valence-electron chi connectivity index (χ2n) is 8.38. The van der Waals surface area contributed by atoms with E-state index in [0.29, 0.717) is 6.54 Å². The van der Waals surface area contributed by atoms with Crippen molar-refractivity contribution in [1.29, 1.82) is 0 Å². The molecule has 0 radical (unpaired) electrons. The quantitative estimate of drug-likeness (QED) is 0.288. The molecule has 0 saturated carbocycles. The fourth-order valence-corrected chi connectivity index (χ4v) is 4.00. The first-order chi connectivity index (χ1) is 13.1. The van der Waals surface area contributed by atoms with Crippen molar-refractivity contribution in [3.8, 4) is 0 Å². The van der Waals surface area contributed by atoms with E-state index in [2.05, 4.69) is 6.92 Å². The van der Waals surface area contributed by atoms with Crippen LogP contribution in [0, 0.1) is 5.92 Å². The summed E-state index contributed by atoms with van der Waals surface area (Å²) < 4.78 is 0. The second-order valence-corrected chi connectivity index (χ2v) is 8.38. The third-order valence-electron chi connectivity index (χ3n) is 5.85. The van der Waals surface area contributed by atoms with Crippen LogP contribution in [0.4, 0.5) is 0 Å². The van der Waals surface area contributed by atoms with Crippen molar-refractivity contribution in [3.05, 3.63) is 0 Å². The maximum absolute atomic E-state index is 11.7. The van der Waals surface area contributed by atoms with Gasteiger partial charge in [-0.05, 0) is 6.42 Å². The summed E-state index contributed by atoms with van der Waals surface area (Å²) >= 11 is 0. The number of hydrogen-bond acceptors (Lipinski definition) is 2. The maximum atomic E-state index is 11.7. The molecule has 1 heterocycles. The van der Waals surface area contributed by atoms with Crippen LogP contribution in [0.1, 0.15) is 116 Å². The standard InChI is InChI=1S/C23H43NO3/c1-2-3-4-5-6-7-8-9-10-11-12-13-14-15-16-17-18-24-20-21(23(26)27)19-22(24)25/h21H,2-20H2,1H3,(H,26,27). The van der Waals surface area contributed by atoms with Crippen molar-refractivity contribution in [3.63, 3.8) is 0 Å². The highest BCUT2D eigenvalue weighted by molar-refractivity contribution is 5.86. The predicted octanol–water partition coefficient (Wildman–Crippen LogP) is 6.18. The molecule has 1 unspecified atom stereocenters. The number of nitrogens with zero attached hydrogens (tertiary/aromatic N) is 1. The average molecular weight is 382 g/mol. The summed E-state index contributed by atoms with van der Waals surface area (Å²) in [6, 6.07) is 0. The fraction of sp³-hybridized carbons (Fsp3) is 0.913. The molecule has 1 atom stereocenters. The average Bonchev–Trinajstić information content (AvgIpc) is 3.02. The van der Waals surface area contributed by atoms with Crippen LogP contribution in [0.3, 0.4) is 0 Å². The third-order valence-corrected chi connectivity index (χ3v) is 5.85. The van der Waals surface area contributed by atoms with Gasteiger partial charge in [0, 0.05) is 19.5 Å². The molecule has 0 spiro atoms. The first kappa shape index (κ1) is 24.0. The van der Waals surface area contributed by atoms with Crippen LogP contribution < -0.4 is 0 Å². The van der Waals surface area contributed by atoms with Gasteiger partial charge in [-0.3, -0.25) is 9.59 Å². The van der Waals surface area contributed by atoms with Gasteiger partial charge >= 0.3 is 5.97 Å². The van der Waals surface area contributed by atoms with Crippen molar-refractivity contribution in [1.82, 2.24) is 4.90 Å². The van der Waals surface area contributed by atoms with Crippen LogP contribution in [0.2, 0.25) is 0 Å². The summed E-state index contributed by atoms with van der Waals surface area (Å²) in [6.07, 6.45) is 21.7. The lowest BCUT2D eigenvalue weighted by Crippen LogP contribution is -2.27. The molecule has 158 valence electrons. The molecule has 1 aliphatic heterocycles. The molecule has 0 aromatic carbocycles. The van der Waals surface area contributed by atoms with Gasteiger partial charge in [0.1, 0.15) is 0 Å². The van der Waals surface area contributed by atoms with Gasteiger partial charge in [0.25, 0.3) is 0 Å². The minimum absolute atomic E-state index is 0.0170. The lowest BCUT2D eigenvalue weighted by molar-refractivity contribution is -0.141. The summed E-state index contributed by atoms with van der Waals surface area (Å²) in [4.78, 5) is 24.4. The first-order valence-electron chi connectivity index (χ1n) is 11.7. The van der Waals surface area contributed by atoms with Crippen molar-refractivity contribution >= 4 is 11.9 Å². The lowest BCUT2D eigenvalue weighted by atomic mass is 10.0. The van der Waals surface area contributed by atoms with E-state index in [4.69, 9.17) is 5.11 Å². The number of hydrogen-bond donors (Lipinski definition) is 1. The highest BCUT2D eigenvalue weighted by atomic mass is 16.4. The van der Waals surface area contributed by atoms with Gasteiger partial charge in [0.15, 0.2) is 0 Å². The van der Waals surface area contributed by atoms with Gasteiger partial charge in [0.2, 0.25) is 5.91 Å². The summed E-state index contributed by atoms with van der Waals surface area (Å²) in [5, 5.41) is 8.98. The van der Waals surface area contributed by atoms with Gasteiger partial charge in [-0.2, -0.15) is 0 Å². The Morgan fingerprint density at radius 1 is 0.815 bits per heavy atom. The number of aliphatic carboxylic acids is 1. The largest absolute Gasteiger partial charge is 0.481 e. The van der Waals surface area contributed by atoms with E-state index in [-0.39, 0.29) is 12.3 Å². The first-order valence-corrected chi connectivity index (χ1v) is 11.7. The number of carbonyl (C=O) groups is 2. The van der Waals surface area contributed by atoms with E-state index >= 15 is 0 Å². The van der Waals surface area contributed by atoms with Crippen LogP contribution in [0.15, 0.2) is 0 Å². The Bertz CT molecular complexity index is 397. The monoisotopic (exact) mass is 381 g/mol. The summed E-state index contributed by atoms with van der Waals surface area (Å²) in [5.74, 6) is -1.31. The van der Waals surface area contributed by atoms with E-state index < -0.39 is 11.9 Å². The third kappa shape index (κ3) is 12.1. The number of carboxylic acids is 1. The van der Waals surface area contributed by atoms with Gasteiger partial charge in [-0.15, -0.1) is 0 Å². The molecule has 1 saturated heterocycles. The van der Waals surface area contributed by atoms with Gasteiger partial charge in [0.05, 0.1) is 5.92 Å². The Morgan fingerprint density at radius 2 is 1.22 bits per heavy atom. The Morgan fingerprint density at radius 3 is 1.59 bits per heavy atom. The summed E-state index contributed by atoms with van der Waals surface area (Å²) in [5.41, 5.74) is 0. The molecule has 1 aliphatic rings. The molecule has 4 nitrogen and oxygen atoms in total. The Labute approximate surface area is 167 Å². The molecule has 1 N–H and O–H groups in total. The molecule has 1 amide bonds. The minimum Gasteiger partial charge on any atom is -0.481 e. The molecular formula is C23H43NO3. The van der Waals surface area contributed by atoms with Crippen LogP contribution in [0.25, 0.3) is 0 Å². The van der Waals surface area contributed by atoms with E-state index in [9.17, 15) is 9.59 Å². The van der Waals surface area contributed by atoms with Crippen LogP contribution in [0.5, 0.6) is 0 Å². The van der Waals surface area contributed by atoms with Gasteiger partial charge in [-0.25, -0.2) is 0 Å². The van der Waals surface area contributed by atoms with Crippen molar-refractivity contribution < 1.29 is 14.7 Å². The highest BCUT2D eigenvalue weighted by Crippen LogP contribution is 2.19. The second kappa shape index (κ2) is 15.9. The van der Waals surface area contributed by atoms with Gasteiger partial charge in [-0.1, -0.05) is 103 Å². The van der Waals surface area contributed by atoms with Crippen molar-refractivity contribution in [2.75, 3.05) is 13.1 Å². The Hall–Kier alpha value is -1.06. The molecule has 0 aromatic rings. The molecule has 27 heavy (non-hydrogen) atoms. The van der Waals surface area contributed by atoms with E-state index in [1.165, 1.54) is 89.9 Å². The zero-order valence-corrected chi connectivity index (χ0v) is 17.7. The van der Waals surface area contributed by atoms with E-state index in [1.807, 2.05) is 0 Å². The topological polar surface area (TPSA) is 57.6 Å². The Balaban J connectivity index is 1.78. The van der Waals surface area contributed by atoms with Crippen LogP contribution in [-0.4, -0.2) is 35.0 Å². The number of carboxylic acid groups (broad SMARTS) is 1. The van der Waals surface area contributed by atoms with E-state index in [1.54, 1.807) is 4.90 Å². The maximum Gasteiger partial charge on any atom is 0.308 e. The predicted molar refractivity (Wildman–Crippen MR) is 112 cm³/mol. The number of likely N-dealkylation sites (tertiary alicyclic amines) is 1. The number of rotatable bonds is 18. The normalized spacial score (nSPS) is 17.0. The molecule has 1 rings (SSSR count). The molecule has 0 aromatic heterocycles. The molecule has 1 fully saturated rings. The molecule has 0 aliphatic carbocycles. The number of amides is 1. The van der Waals surface area contributed by atoms with Crippen molar-refractivity contribution in [2.24, 2.45) is 5.92 Å². The summed E-state index contributed by atoms with van der Waals surface area (Å²) in [6.45, 7) is 3.42. The molecule has 0 bridgehead atoms. The lowest BCUT2D eigenvalue weighted by Gasteiger charge is -2.15. The SMILES string of the molecule is CCCCCCCCCCCCCCCCCCN1CC(C(=O)O)CC1=O. The smallest absolute Gasteiger partial charge is 0.308 e. The number of carbonyl (C=O) groups excluding carboxylic acids is 1. The number of unbranched alkanes of at least 4 members (excludes halogenated alkanes) is 15. The zero-order valence-electron chi connectivity index (χ0n) is 17.7. The van der Waals surface area contributed by atoms with Crippen LogP contribution in [-0.2, 0) is 9.59 Å². The summed E-state index contributed by atoms with van der Waals surface area (Å²) in [7, 11) is 0. The van der Waals surface area contributed by atoms with Crippen LogP contribution >= 0.6 is 0 Å². The molecule has 4 heteroatoms. The van der Waals surface area contributed by atoms with E-state index in [0.717, 1.165) is 19.4 Å².